The van der Waals surface area contributed by atoms with Crippen LogP contribution in [0.25, 0.3) is 0 Å². The van der Waals surface area contributed by atoms with Crippen LogP contribution < -0.4 is 15.8 Å². The van der Waals surface area contributed by atoms with Crippen molar-refractivity contribution >= 4 is 24.2 Å². The lowest BCUT2D eigenvalue weighted by atomic mass is 10.2. The fraction of sp³-hybridized carbons (Fsp3) is 0.500. The number of methoxy groups -OCH3 is 1. The average molecular weight is 340 g/mol. The van der Waals surface area contributed by atoms with Crippen LogP contribution >= 0.6 is 12.4 Å². The monoisotopic (exact) mass is 339 g/mol. The molecule has 126 valence electrons. The van der Waals surface area contributed by atoms with E-state index in [0.29, 0.717) is 32.4 Å². The van der Waals surface area contributed by atoms with E-state index < -0.39 is 11.6 Å². The van der Waals surface area contributed by atoms with Crippen molar-refractivity contribution in [2.45, 2.75) is 37.4 Å². The number of hydrogen-bond acceptors (Lipinski definition) is 4. The molecule has 0 aromatic heterocycles. The summed E-state index contributed by atoms with van der Waals surface area (Å²) in [6.07, 6.45) is 2.04. The van der Waals surface area contributed by atoms with E-state index in [-0.39, 0.29) is 24.2 Å². The zero-order valence-corrected chi connectivity index (χ0v) is 13.9. The predicted octanol–water partition coefficient (Wildman–Crippen LogP) is 0.825. The van der Waals surface area contributed by atoms with Gasteiger partial charge in [-0.3, -0.25) is 9.59 Å². The maximum Gasteiger partial charge on any atom is 0.245 e. The number of halogens is 1. The van der Waals surface area contributed by atoms with Gasteiger partial charge in [0.1, 0.15) is 11.8 Å². The summed E-state index contributed by atoms with van der Waals surface area (Å²) in [5, 5.41) is 2.79. The van der Waals surface area contributed by atoms with Crippen molar-refractivity contribution in [3.8, 4) is 5.75 Å². The molecule has 6 nitrogen and oxygen atoms in total. The van der Waals surface area contributed by atoms with Gasteiger partial charge < -0.3 is 20.7 Å². The maximum atomic E-state index is 12.4. The number of ether oxygens (including phenoxy) is 1. The third kappa shape index (κ3) is 3.76. The largest absolute Gasteiger partial charge is 0.497 e. The smallest absolute Gasteiger partial charge is 0.245 e. The minimum atomic E-state index is -0.732. The van der Waals surface area contributed by atoms with Crippen LogP contribution in [0.2, 0.25) is 0 Å². The highest BCUT2D eigenvalue weighted by Gasteiger charge is 2.47. The first-order valence-electron chi connectivity index (χ1n) is 7.53. The van der Waals surface area contributed by atoms with Crippen LogP contribution in [-0.2, 0) is 16.1 Å². The summed E-state index contributed by atoms with van der Waals surface area (Å²) in [5.74, 6) is 0.560. The van der Waals surface area contributed by atoms with Crippen molar-refractivity contribution < 1.29 is 14.3 Å². The normalized spacial score (nSPS) is 21.6. The van der Waals surface area contributed by atoms with Gasteiger partial charge in [-0.25, -0.2) is 0 Å². The lowest BCUT2D eigenvalue weighted by molar-refractivity contribution is -0.133. The van der Waals surface area contributed by atoms with E-state index in [1.54, 1.807) is 12.0 Å². The van der Waals surface area contributed by atoms with Crippen LogP contribution in [0.4, 0.5) is 0 Å². The molecule has 2 aliphatic rings. The Morgan fingerprint density at radius 3 is 2.61 bits per heavy atom. The lowest BCUT2D eigenvalue weighted by Gasteiger charge is -2.18. The molecule has 3 N–H and O–H groups in total. The first-order valence-corrected chi connectivity index (χ1v) is 7.53. The highest BCUT2D eigenvalue weighted by atomic mass is 35.5. The summed E-state index contributed by atoms with van der Waals surface area (Å²) in [5.41, 5.74) is 6.16. The number of amides is 2. The average Bonchev–Trinajstić information content (AvgIpc) is 3.20. The zero-order chi connectivity index (χ0) is 15.7. The molecule has 0 radical (unpaired) electrons. The molecule has 3 rings (SSSR count). The van der Waals surface area contributed by atoms with E-state index in [4.69, 9.17) is 10.5 Å². The molecule has 1 aliphatic carbocycles. The van der Waals surface area contributed by atoms with E-state index >= 15 is 0 Å². The highest BCUT2D eigenvalue weighted by Crippen LogP contribution is 2.32. The number of nitrogens with one attached hydrogen (secondary N) is 1. The summed E-state index contributed by atoms with van der Waals surface area (Å²) in [4.78, 5) is 26.1. The number of carbonyl (C=O) groups is 2. The molecule has 1 unspecified atom stereocenters. The van der Waals surface area contributed by atoms with Crippen molar-refractivity contribution in [1.82, 2.24) is 10.2 Å². The van der Waals surface area contributed by atoms with Gasteiger partial charge in [0, 0.05) is 13.1 Å². The molecule has 7 heteroatoms. The van der Waals surface area contributed by atoms with Gasteiger partial charge >= 0.3 is 0 Å². The Labute approximate surface area is 141 Å². The first-order chi connectivity index (χ1) is 10.5. The van der Waals surface area contributed by atoms with Gasteiger partial charge in [0.15, 0.2) is 0 Å². The minimum Gasteiger partial charge on any atom is -0.497 e. The summed E-state index contributed by atoms with van der Waals surface area (Å²) >= 11 is 0. The van der Waals surface area contributed by atoms with Crippen LogP contribution in [0.15, 0.2) is 24.3 Å². The summed E-state index contributed by atoms with van der Waals surface area (Å²) in [6.45, 7) is 1.19. The minimum absolute atomic E-state index is 0. The number of carbonyl (C=O) groups excluding carboxylic acids is 2. The fourth-order valence-corrected chi connectivity index (χ4v) is 2.64. The predicted molar refractivity (Wildman–Crippen MR) is 88.4 cm³/mol. The number of nitrogens with two attached hydrogens (primary N) is 1. The second-order valence-electron chi connectivity index (χ2n) is 6.08. The van der Waals surface area contributed by atoms with Crippen molar-refractivity contribution in [2.24, 2.45) is 5.73 Å². The van der Waals surface area contributed by atoms with Crippen molar-refractivity contribution in [1.29, 1.82) is 0 Å². The Balaban J connectivity index is 0.00000192. The van der Waals surface area contributed by atoms with Crippen LogP contribution in [0.5, 0.6) is 5.75 Å². The van der Waals surface area contributed by atoms with Gasteiger partial charge in [-0.15, -0.1) is 12.4 Å². The second kappa shape index (κ2) is 6.76. The molecule has 1 aromatic carbocycles. The maximum absolute atomic E-state index is 12.4. The van der Waals surface area contributed by atoms with E-state index in [0.717, 1.165) is 11.3 Å². The van der Waals surface area contributed by atoms with E-state index in [1.165, 1.54) is 0 Å². The summed E-state index contributed by atoms with van der Waals surface area (Å²) in [7, 11) is 1.62. The van der Waals surface area contributed by atoms with Crippen LogP contribution in [0.3, 0.4) is 0 Å². The zero-order valence-electron chi connectivity index (χ0n) is 13.1. The molecule has 1 saturated heterocycles. The molecular formula is C16H22ClN3O3. The van der Waals surface area contributed by atoms with Gasteiger partial charge in [-0.05, 0) is 37.0 Å². The highest BCUT2D eigenvalue weighted by molar-refractivity contribution is 5.94. The Kier molecular flexibility index (Phi) is 5.16. The van der Waals surface area contributed by atoms with Crippen molar-refractivity contribution in [3.63, 3.8) is 0 Å². The molecule has 1 saturated carbocycles. The van der Waals surface area contributed by atoms with Crippen LogP contribution in [-0.4, -0.2) is 41.9 Å². The third-order valence-electron chi connectivity index (χ3n) is 4.38. The van der Waals surface area contributed by atoms with Gasteiger partial charge in [0.05, 0.1) is 12.6 Å². The molecule has 0 spiro atoms. The molecule has 23 heavy (non-hydrogen) atoms. The molecule has 0 bridgehead atoms. The SMILES string of the molecule is COc1ccc(CN2CCC(NC(=O)C3(N)CC3)C2=O)cc1.Cl. The van der Waals surface area contributed by atoms with Gasteiger partial charge in [0.25, 0.3) is 0 Å². The Bertz CT molecular complexity index is 587. The lowest BCUT2D eigenvalue weighted by Crippen LogP contribution is -2.49. The summed E-state index contributed by atoms with van der Waals surface area (Å²) < 4.78 is 5.12. The van der Waals surface area contributed by atoms with Crippen molar-refractivity contribution in [3.05, 3.63) is 29.8 Å². The third-order valence-corrected chi connectivity index (χ3v) is 4.38. The van der Waals surface area contributed by atoms with Crippen LogP contribution in [0.1, 0.15) is 24.8 Å². The second-order valence-corrected chi connectivity index (χ2v) is 6.08. The molecule has 2 amide bonds. The van der Waals surface area contributed by atoms with E-state index in [1.807, 2.05) is 24.3 Å². The quantitative estimate of drug-likeness (QED) is 0.832. The number of likely N-dealkylation sites (tertiary alicyclic amines) is 1. The molecule has 1 heterocycles. The topological polar surface area (TPSA) is 84.7 Å². The molecule has 1 aromatic rings. The van der Waals surface area contributed by atoms with Gasteiger partial charge in [-0.2, -0.15) is 0 Å². The Hall–Kier alpha value is -1.79. The number of nitrogens with zero attached hydrogens (tertiary/aromatic N) is 1. The number of benzene rings is 1. The van der Waals surface area contributed by atoms with Crippen LogP contribution in [0, 0.1) is 0 Å². The van der Waals surface area contributed by atoms with Crippen molar-refractivity contribution in [2.75, 3.05) is 13.7 Å². The Morgan fingerprint density at radius 2 is 2.04 bits per heavy atom. The molecule has 1 aliphatic heterocycles. The van der Waals surface area contributed by atoms with E-state index in [9.17, 15) is 9.59 Å². The Morgan fingerprint density at radius 1 is 1.39 bits per heavy atom. The fourth-order valence-electron chi connectivity index (χ4n) is 2.64. The first kappa shape index (κ1) is 17.6. The standard InChI is InChI=1S/C16H21N3O3.ClH/c1-22-12-4-2-11(3-5-12)10-19-9-6-13(14(19)20)18-15(21)16(17)7-8-16;/h2-5,13H,6-10,17H2,1H3,(H,18,21);1H. The number of hydrogen-bond donors (Lipinski definition) is 2. The molecule has 2 fully saturated rings. The summed E-state index contributed by atoms with van der Waals surface area (Å²) in [6, 6.07) is 7.20. The van der Waals surface area contributed by atoms with E-state index in [2.05, 4.69) is 5.32 Å². The van der Waals surface area contributed by atoms with Gasteiger partial charge in [-0.1, -0.05) is 12.1 Å². The number of rotatable bonds is 5. The molecular weight excluding hydrogens is 318 g/mol. The van der Waals surface area contributed by atoms with Gasteiger partial charge in [0.2, 0.25) is 11.8 Å². The molecule has 1 atom stereocenters.